The van der Waals surface area contributed by atoms with Gasteiger partial charge >= 0.3 is 5.97 Å². The van der Waals surface area contributed by atoms with Gasteiger partial charge in [0.25, 0.3) is 0 Å². The van der Waals surface area contributed by atoms with Crippen molar-refractivity contribution in [3.05, 3.63) is 0 Å². The summed E-state index contributed by atoms with van der Waals surface area (Å²) in [6.45, 7) is 1.15. The number of carboxylic acid groups (broad SMARTS) is 1. The van der Waals surface area contributed by atoms with Crippen molar-refractivity contribution in [1.82, 2.24) is 10.6 Å². The highest BCUT2D eigenvalue weighted by molar-refractivity contribution is 5.83. The van der Waals surface area contributed by atoms with E-state index in [9.17, 15) is 9.59 Å². The van der Waals surface area contributed by atoms with Crippen molar-refractivity contribution in [3.63, 3.8) is 0 Å². The summed E-state index contributed by atoms with van der Waals surface area (Å²) in [6, 6.07) is -0.130. The highest BCUT2D eigenvalue weighted by Gasteiger charge is 2.44. The molecule has 1 atom stereocenters. The van der Waals surface area contributed by atoms with Crippen molar-refractivity contribution in [2.45, 2.75) is 44.6 Å². The van der Waals surface area contributed by atoms with Crippen LogP contribution in [0, 0.1) is 5.41 Å². The van der Waals surface area contributed by atoms with E-state index in [1.54, 1.807) is 0 Å². The minimum Gasteiger partial charge on any atom is -0.481 e. The molecule has 0 aromatic heterocycles. The minimum absolute atomic E-state index is 0.0442. The molecule has 17 heavy (non-hydrogen) atoms. The van der Waals surface area contributed by atoms with Crippen LogP contribution < -0.4 is 10.6 Å². The molecule has 0 spiro atoms. The highest BCUT2D eigenvalue weighted by atomic mass is 16.4. The fourth-order valence-corrected chi connectivity index (χ4v) is 2.52. The Morgan fingerprint density at radius 3 is 2.53 bits per heavy atom. The van der Waals surface area contributed by atoms with Crippen molar-refractivity contribution < 1.29 is 14.7 Å². The molecule has 1 saturated heterocycles. The molecular formula is C12H20N2O3. The fourth-order valence-electron chi connectivity index (χ4n) is 2.52. The number of carbonyl (C=O) groups excluding carboxylic acids is 1. The number of piperidine rings is 1. The van der Waals surface area contributed by atoms with Gasteiger partial charge in [-0.25, -0.2) is 0 Å². The van der Waals surface area contributed by atoms with Gasteiger partial charge in [0.15, 0.2) is 0 Å². The first kappa shape index (κ1) is 12.4. The van der Waals surface area contributed by atoms with Crippen LogP contribution in [0.2, 0.25) is 0 Å². The molecule has 0 aromatic carbocycles. The van der Waals surface area contributed by atoms with Crippen molar-refractivity contribution in [2.24, 2.45) is 5.41 Å². The molecule has 1 aliphatic carbocycles. The van der Waals surface area contributed by atoms with E-state index in [1.807, 2.05) is 0 Å². The Bertz CT molecular complexity index is 307. The van der Waals surface area contributed by atoms with Crippen molar-refractivity contribution in [2.75, 3.05) is 13.1 Å². The first-order valence-corrected chi connectivity index (χ1v) is 6.39. The van der Waals surface area contributed by atoms with Gasteiger partial charge in [0.2, 0.25) is 5.91 Å². The maximum atomic E-state index is 11.8. The topological polar surface area (TPSA) is 78.4 Å². The standard InChI is InChI=1S/C12H20N2O3/c15-10(9-4-1-2-7-13-9)14-8-12(11(16)17)5-3-6-12/h9,13H,1-8H2,(H,14,15)(H,16,17). The first-order valence-electron chi connectivity index (χ1n) is 6.39. The number of carbonyl (C=O) groups is 2. The summed E-state index contributed by atoms with van der Waals surface area (Å²) in [6.07, 6.45) is 5.34. The number of rotatable bonds is 4. The Labute approximate surface area is 101 Å². The monoisotopic (exact) mass is 240 g/mol. The molecule has 3 N–H and O–H groups in total. The summed E-state index contributed by atoms with van der Waals surface area (Å²) >= 11 is 0. The van der Waals surface area contributed by atoms with Gasteiger partial charge in [0.1, 0.15) is 0 Å². The van der Waals surface area contributed by atoms with Gasteiger partial charge in [0, 0.05) is 6.54 Å². The van der Waals surface area contributed by atoms with E-state index in [2.05, 4.69) is 10.6 Å². The Kier molecular flexibility index (Phi) is 3.66. The summed E-state index contributed by atoms with van der Waals surface area (Å²) in [5, 5.41) is 15.1. The lowest BCUT2D eigenvalue weighted by atomic mass is 9.69. The van der Waals surface area contributed by atoms with Crippen LogP contribution in [0.1, 0.15) is 38.5 Å². The lowest BCUT2D eigenvalue weighted by molar-refractivity contribution is -0.154. The molecule has 2 rings (SSSR count). The van der Waals surface area contributed by atoms with Crippen LogP contribution in [-0.2, 0) is 9.59 Å². The molecule has 1 amide bonds. The number of amides is 1. The summed E-state index contributed by atoms with van der Waals surface area (Å²) in [4.78, 5) is 23.0. The number of carboxylic acids is 1. The zero-order valence-electron chi connectivity index (χ0n) is 10.00. The highest BCUT2D eigenvalue weighted by Crippen LogP contribution is 2.40. The summed E-state index contributed by atoms with van der Waals surface area (Å²) in [5.74, 6) is -0.821. The Morgan fingerprint density at radius 2 is 2.06 bits per heavy atom. The van der Waals surface area contributed by atoms with Gasteiger partial charge in [0.05, 0.1) is 11.5 Å². The van der Waals surface area contributed by atoms with Gasteiger partial charge in [-0.1, -0.05) is 12.8 Å². The molecule has 1 saturated carbocycles. The molecule has 5 heteroatoms. The Hall–Kier alpha value is -1.10. The smallest absolute Gasteiger partial charge is 0.311 e. The number of hydrogen-bond acceptors (Lipinski definition) is 3. The third kappa shape index (κ3) is 2.60. The second-order valence-electron chi connectivity index (χ2n) is 5.16. The second-order valence-corrected chi connectivity index (χ2v) is 5.16. The van der Waals surface area contributed by atoms with Crippen LogP contribution in [-0.4, -0.2) is 36.1 Å². The lowest BCUT2D eigenvalue weighted by Crippen LogP contribution is -2.52. The largest absolute Gasteiger partial charge is 0.481 e. The molecule has 1 aliphatic heterocycles. The fraction of sp³-hybridized carbons (Fsp3) is 0.833. The summed E-state index contributed by atoms with van der Waals surface area (Å²) in [5.41, 5.74) is -0.690. The maximum Gasteiger partial charge on any atom is 0.311 e. The van der Waals surface area contributed by atoms with E-state index >= 15 is 0 Å². The first-order chi connectivity index (χ1) is 8.14. The molecule has 0 bridgehead atoms. The molecule has 0 aromatic rings. The van der Waals surface area contributed by atoms with E-state index in [1.165, 1.54) is 0 Å². The van der Waals surface area contributed by atoms with Gasteiger partial charge in [-0.05, 0) is 32.2 Å². The molecule has 5 nitrogen and oxygen atoms in total. The van der Waals surface area contributed by atoms with Crippen LogP contribution in [0.5, 0.6) is 0 Å². The van der Waals surface area contributed by atoms with Gasteiger partial charge in [-0.2, -0.15) is 0 Å². The number of nitrogens with one attached hydrogen (secondary N) is 2. The molecule has 2 aliphatic rings. The zero-order valence-corrected chi connectivity index (χ0v) is 10.00. The van der Waals surface area contributed by atoms with E-state index in [4.69, 9.17) is 5.11 Å². The average molecular weight is 240 g/mol. The SMILES string of the molecule is O=C(NCC1(C(=O)O)CCC1)C1CCCCN1. The minimum atomic E-state index is -0.777. The second kappa shape index (κ2) is 5.04. The molecule has 1 heterocycles. The zero-order chi connectivity index (χ0) is 12.3. The Morgan fingerprint density at radius 1 is 1.29 bits per heavy atom. The van der Waals surface area contributed by atoms with Crippen molar-refractivity contribution in [3.8, 4) is 0 Å². The van der Waals surface area contributed by atoms with Crippen molar-refractivity contribution in [1.29, 1.82) is 0 Å². The third-order valence-corrected chi connectivity index (χ3v) is 3.99. The normalized spacial score (nSPS) is 26.9. The molecule has 0 radical (unpaired) electrons. The third-order valence-electron chi connectivity index (χ3n) is 3.99. The molecule has 1 unspecified atom stereocenters. The van der Waals surface area contributed by atoms with Gasteiger partial charge in [-0.3, -0.25) is 9.59 Å². The maximum absolute atomic E-state index is 11.8. The Balaban J connectivity index is 1.80. The molecule has 2 fully saturated rings. The van der Waals surface area contributed by atoms with Crippen molar-refractivity contribution >= 4 is 11.9 Å². The van der Waals surface area contributed by atoms with E-state index in [0.29, 0.717) is 12.8 Å². The number of aliphatic carboxylic acids is 1. The molecular weight excluding hydrogens is 220 g/mol. The van der Waals surface area contributed by atoms with E-state index in [0.717, 1.165) is 32.2 Å². The number of hydrogen-bond donors (Lipinski definition) is 3. The van der Waals surface area contributed by atoms with E-state index in [-0.39, 0.29) is 18.5 Å². The van der Waals surface area contributed by atoms with Crippen LogP contribution in [0.25, 0.3) is 0 Å². The lowest BCUT2D eigenvalue weighted by Gasteiger charge is -2.38. The van der Waals surface area contributed by atoms with E-state index < -0.39 is 11.4 Å². The summed E-state index contributed by atoms with van der Waals surface area (Å²) < 4.78 is 0. The average Bonchev–Trinajstić information content (AvgIpc) is 2.28. The van der Waals surface area contributed by atoms with Crippen LogP contribution in [0.15, 0.2) is 0 Å². The van der Waals surface area contributed by atoms with Gasteiger partial charge in [-0.15, -0.1) is 0 Å². The predicted molar refractivity (Wildman–Crippen MR) is 62.6 cm³/mol. The van der Waals surface area contributed by atoms with Gasteiger partial charge < -0.3 is 15.7 Å². The quantitative estimate of drug-likeness (QED) is 0.668. The molecule has 96 valence electrons. The summed E-state index contributed by atoms with van der Waals surface area (Å²) in [7, 11) is 0. The van der Waals surface area contributed by atoms with Crippen LogP contribution >= 0.6 is 0 Å². The van der Waals surface area contributed by atoms with Crippen LogP contribution in [0.4, 0.5) is 0 Å². The van der Waals surface area contributed by atoms with Crippen LogP contribution in [0.3, 0.4) is 0 Å². The predicted octanol–water partition coefficient (Wildman–Crippen LogP) is 0.500.